The molecule has 0 amide bonds. The van der Waals surface area contributed by atoms with Crippen LogP contribution < -0.4 is 5.32 Å². The first-order valence-electron chi connectivity index (χ1n) is 6.51. The monoisotopic (exact) mass is 251 g/mol. The van der Waals surface area contributed by atoms with Gasteiger partial charge < -0.3 is 9.73 Å². The fourth-order valence-electron chi connectivity index (χ4n) is 2.39. The lowest BCUT2D eigenvalue weighted by Gasteiger charge is -2.06. The minimum Gasteiger partial charge on any atom is -0.461 e. The van der Waals surface area contributed by atoms with Crippen LogP contribution in [0.15, 0.2) is 52.9 Å². The van der Waals surface area contributed by atoms with E-state index in [1.165, 1.54) is 16.5 Å². The number of rotatable bonds is 3. The molecule has 0 spiro atoms. The maximum atomic E-state index is 5.77. The summed E-state index contributed by atoms with van der Waals surface area (Å²) in [5, 5.41) is 4.66. The van der Waals surface area contributed by atoms with Crippen LogP contribution in [0.25, 0.3) is 11.0 Å². The zero-order chi connectivity index (χ0) is 13.2. The van der Waals surface area contributed by atoms with Crippen molar-refractivity contribution in [2.45, 2.75) is 20.4 Å². The standard InChI is InChI=1S/C17H17NO/c1-12-6-5-7-14(10-12)18-11-16-13(2)19-17-9-4-3-8-15(16)17/h3-10,18H,11H2,1-2H3. The highest BCUT2D eigenvalue weighted by molar-refractivity contribution is 5.82. The van der Waals surface area contributed by atoms with E-state index < -0.39 is 0 Å². The van der Waals surface area contributed by atoms with Gasteiger partial charge >= 0.3 is 0 Å². The minimum atomic E-state index is 0.784. The van der Waals surface area contributed by atoms with E-state index in [9.17, 15) is 0 Å². The van der Waals surface area contributed by atoms with Crippen molar-refractivity contribution in [3.8, 4) is 0 Å². The van der Waals surface area contributed by atoms with E-state index in [2.05, 4.69) is 42.6 Å². The summed E-state index contributed by atoms with van der Waals surface area (Å²) >= 11 is 0. The topological polar surface area (TPSA) is 25.2 Å². The first kappa shape index (κ1) is 11.8. The molecule has 2 nitrogen and oxygen atoms in total. The highest BCUT2D eigenvalue weighted by Gasteiger charge is 2.09. The summed E-state index contributed by atoms with van der Waals surface area (Å²) in [6.07, 6.45) is 0. The fraction of sp³-hybridized carbons (Fsp3) is 0.176. The van der Waals surface area contributed by atoms with Crippen molar-refractivity contribution in [3.05, 3.63) is 65.4 Å². The highest BCUT2D eigenvalue weighted by atomic mass is 16.3. The number of para-hydroxylation sites is 1. The normalized spacial score (nSPS) is 10.8. The van der Waals surface area contributed by atoms with Gasteiger partial charge in [-0.15, -0.1) is 0 Å². The molecule has 3 rings (SSSR count). The van der Waals surface area contributed by atoms with Crippen LogP contribution in [-0.4, -0.2) is 0 Å². The quantitative estimate of drug-likeness (QED) is 0.732. The Bertz CT molecular complexity index is 712. The molecule has 1 aromatic heterocycles. The van der Waals surface area contributed by atoms with Gasteiger partial charge in [-0.05, 0) is 37.6 Å². The largest absolute Gasteiger partial charge is 0.461 e. The molecular weight excluding hydrogens is 234 g/mol. The number of hydrogen-bond acceptors (Lipinski definition) is 2. The third-order valence-electron chi connectivity index (χ3n) is 3.39. The molecule has 0 aliphatic carbocycles. The van der Waals surface area contributed by atoms with Crippen LogP contribution in [0.2, 0.25) is 0 Å². The molecule has 1 heterocycles. The number of anilines is 1. The van der Waals surface area contributed by atoms with Gasteiger partial charge in [0.2, 0.25) is 0 Å². The molecule has 0 saturated carbocycles. The maximum Gasteiger partial charge on any atom is 0.134 e. The number of fused-ring (bicyclic) bond motifs is 1. The first-order valence-corrected chi connectivity index (χ1v) is 6.51. The summed E-state index contributed by atoms with van der Waals surface area (Å²) in [6, 6.07) is 16.6. The smallest absolute Gasteiger partial charge is 0.134 e. The minimum absolute atomic E-state index is 0.784. The van der Waals surface area contributed by atoms with Crippen LogP contribution in [0.3, 0.4) is 0 Å². The van der Waals surface area contributed by atoms with Crippen molar-refractivity contribution in [2.75, 3.05) is 5.32 Å². The van der Waals surface area contributed by atoms with Gasteiger partial charge in [-0.3, -0.25) is 0 Å². The molecule has 19 heavy (non-hydrogen) atoms. The molecule has 0 unspecified atom stereocenters. The molecule has 0 radical (unpaired) electrons. The molecule has 3 aromatic rings. The average Bonchev–Trinajstić information content (AvgIpc) is 2.72. The SMILES string of the molecule is Cc1cccc(NCc2c(C)oc3ccccc23)c1. The second kappa shape index (κ2) is 4.81. The van der Waals surface area contributed by atoms with Gasteiger partial charge in [0.1, 0.15) is 11.3 Å². The predicted octanol–water partition coefficient (Wildman–Crippen LogP) is 4.66. The van der Waals surface area contributed by atoms with Crippen LogP contribution in [0, 0.1) is 13.8 Å². The number of hydrogen-bond donors (Lipinski definition) is 1. The Kier molecular flexibility index (Phi) is 3.00. The van der Waals surface area contributed by atoms with Gasteiger partial charge in [-0.1, -0.05) is 30.3 Å². The number of benzene rings is 2. The number of furan rings is 1. The molecule has 0 saturated heterocycles. The lowest BCUT2D eigenvalue weighted by atomic mass is 10.1. The summed E-state index contributed by atoms with van der Waals surface area (Å²) in [4.78, 5) is 0. The van der Waals surface area contributed by atoms with Crippen molar-refractivity contribution < 1.29 is 4.42 Å². The predicted molar refractivity (Wildman–Crippen MR) is 79.5 cm³/mol. The first-order chi connectivity index (χ1) is 9.24. The van der Waals surface area contributed by atoms with E-state index in [-0.39, 0.29) is 0 Å². The van der Waals surface area contributed by atoms with Crippen LogP contribution >= 0.6 is 0 Å². The van der Waals surface area contributed by atoms with E-state index in [4.69, 9.17) is 4.42 Å². The molecule has 2 heteroatoms. The summed E-state index contributed by atoms with van der Waals surface area (Å²) in [5.41, 5.74) is 4.60. The Balaban J connectivity index is 1.87. The van der Waals surface area contributed by atoms with Crippen molar-refractivity contribution in [2.24, 2.45) is 0 Å². The fourth-order valence-corrected chi connectivity index (χ4v) is 2.39. The number of nitrogens with one attached hydrogen (secondary N) is 1. The van der Waals surface area contributed by atoms with E-state index in [1.54, 1.807) is 0 Å². The average molecular weight is 251 g/mol. The summed E-state index contributed by atoms with van der Waals surface area (Å²) in [7, 11) is 0. The van der Waals surface area contributed by atoms with Crippen LogP contribution in [-0.2, 0) is 6.54 Å². The van der Waals surface area contributed by atoms with Crippen molar-refractivity contribution >= 4 is 16.7 Å². The Labute approximate surface area is 113 Å². The van der Waals surface area contributed by atoms with Crippen molar-refractivity contribution in [1.82, 2.24) is 0 Å². The maximum absolute atomic E-state index is 5.77. The molecule has 0 aliphatic rings. The van der Waals surface area contributed by atoms with Crippen LogP contribution in [0.4, 0.5) is 5.69 Å². The third kappa shape index (κ3) is 2.34. The van der Waals surface area contributed by atoms with Gasteiger partial charge in [0, 0.05) is 23.2 Å². The molecule has 2 aromatic carbocycles. The molecule has 0 bridgehead atoms. The Morgan fingerprint density at radius 2 is 1.84 bits per heavy atom. The van der Waals surface area contributed by atoms with Gasteiger partial charge in [0.05, 0.1) is 0 Å². The van der Waals surface area contributed by atoms with Gasteiger partial charge in [0.15, 0.2) is 0 Å². The van der Waals surface area contributed by atoms with Crippen molar-refractivity contribution in [3.63, 3.8) is 0 Å². The number of aryl methyl sites for hydroxylation is 2. The van der Waals surface area contributed by atoms with Gasteiger partial charge in [-0.25, -0.2) is 0 Å². The van der Waals surface area contributed by atoms with Crippen LogP contribution in [0.1, 0.15) is 16.9 Å². The highest BCUT2D eigenvalue weighted by Crippen LogP contribution is 2.26. The van der Waals surface area contributed by atoms with Gasteiger partial charge in [-0.2, -0.15) is 0 Å². The Morgan fingerprint density at radius 1 is 1.00 bits per heavy atom. The lowest BCUT2D eigenvalue weighted by Crippen LogP contribution is -2.00. The van der Waals surface area contributed by atoms with Crippen LogP contribution in [0.5, 0.6) is 0 Å². The lowest BCUT2D eigenvalue weighted by molar-refractivity contribution is 0.573. The summed E-state index contributed by atoms with van der Waals surface area (Å²) in [5.74, 6) is 0.987. The van der Waals surface area contributed by atoms with Crippen molar-refractivity contribution in [1.29, 1.82) is 0 Å². The zero-order valence-electron chi connectivity index (χ0n) is 11.2. The second-order valence-electron chi connectivity index (χ2n) is 4.86. The zero-order valence-corrected chi connectivity index (χ0v) is 11.2. The summed E-state index contributed by atoms with van der Waals surface area (Å²) in [6.45, 7) is 4.91. The second-order valence-corrected chi connectivity index (χ2v) is 4.86. The Hall–Kier alpha value is -2.22. The molecule has 1 N–H and O–H groups in total. The van der Waals surface area contributed by atoms with E-state index in [0.29, 0.717) is 0 Å². The molecule has 0 aliphatic heterocycles. The Morgan fingerprint density at radius 3 is 2.68 bits per heavy atom. The molecule has 96 valence electrons. The summed E-state index contributed by atoms with van der Waals surface area (Å²) < 4.78 is 5.77. The van der Waals surface area contributed by atoms with E-state index >= 15 is 0 Å². The van der Waals surface area contributed by atoms with E-state index in [0.717, 1.165) is 23.6 Å². The molecular formula is C17H17NO. The van der Waals surface area contributed by atoms with Gasteiger partial charge in [0.25, 0.3) is 0 Å². The van der Waals surface area contributed by atoms with E-state index in [1.807, 2.05) is 25.1 Å². The third-order valence-corrected chi connectivity index (χ3v) is 3.39. The molecule has 0 fully saturated rings. The molecule has 0 atom stereocenters.